The highest BCUT2D eigenvalue weighted by Gasteiger charge is 2.05. The Hall–Kier alpha value is -2.75. The molecule has 2 aromatic carbocycles. The topological polar surface area (TPSA) is 47.6 Å². The van der Waals surface area contributed by atoms with Crippen LogP contribution in [0.3, 0.4) is 0 Å². The molecule has 0 radical (unpaired) electrons. The number of rotatable bonds is 8. The fourth-order valence-electron chi connectivity index (χ4n) is 2.04. The molecule has 0 heterocycles. The zero-order valence-electron chi connectivity index (χ0n) is 14.2. The van der Waals surface area contributed by atoms with Gasteiger partial charge in [-0.2, -0.15) is 0 Å². The van der Waals surface area contributed by atoms with Crippen molar-refractivity contribution in [2.75, 3.05) is 18.5 Å². The second kappa shape index (κ2) is 8.77. The Labute approximate surface area is 143 Å². The lowest BCUT2D eigenvalue weighted by Gasteiger charge is -2.09. The standard InChI is InChI=1S/C20H23NO3/c1-4-16-6-5-7-19(12-16)24-14-20(22)21-17-8-10-18(11-9-17)23-13-15(2)3/h5-12H,2,4,13-14H2,1,3H3,(H,21,22). The molecule has 0 aliphatic heterocycles. The number of hydrogen-bond donors (Lipinski definition) is 1. The highest BCUT2D eigenvalue weighted by Crippen LogP contribution is 2.17. The van der Waals surface area contributed by atoms with Gasteiger partial charge in [0.25, 0.3) is 5.91 Å². The summed E-state index contributed by atoms with van der Waals surface area (Å²) in [6.45, 7) is 8.23. The van der Waals surface area contributed by atoms with Crippen LogP contribution in [0.15, 0.2) is 60.7 Å². The van der Waals surface area contributed by atoms with Crippen LogP contribution < -0.4 is 14.8 Å². The second-order valence-electron chi connectivity index (χ2n) is 5.61. The van der Waals surface area contributed by atoms with Crippen molar-refractivity contribution < 1.29 is 14.3 Å². The molecule has 0 fully saturated rings. The molecule has 0 aliphatic carbocycles. The maximum absolute atomic E-state index is 12.0. The van der Waals surface area contributed by atoms with Crippen LogP contribution >= 0.6 is 0 Å². The van der Waals surface area contributed by atoms with Crippen LogP contribution in [-0.4, -0.2) is 19.1 Å². The van der Waals surface area contributed by atoms with Crippen LogP contribution in [0.25, 0.3) is 0 Å². The summed E-state index contributed by atoms with van der Waals surface area (Å²) in [6.07, 6.45) is 0.934. The van der Waals surface area contributed by atoms with Gasteiger partial charge in [-0.15, -0.1) is 0 Å². The van der Waals surface area contributed by atoms with Gasteiger partial charge in [0.1, 0.15) is 18.1 Å². The third-order valence-electron chi connectivity index (χ3n) is 3.30. The summed E-state index contributed by atoms with van der Waals surface area (Å²) in [4.78, 5) is 12.0. The largest absolute Gasteiger partial charge is 0.489 e. The first-order valence-electron chi connectivity index (χ1n) is 7.95. The monoisotopic (exact) mass is 325 g/mol. The number of hydrogen-bond acceptors (Lipinski definition) is 3. The van der Waals surface area contributed by atoms with Gasteiger partial charge in [0, 0.05) is 5.69 Å². The van der Waals surface area contributed by atoms with E-state index >= 15 is 0 Å². The molecular formula is C20H23NO3. The summed E-state index contributed by atoms with van der Waals surface area (Å²) in [5, 5.41) is 2.80. The number of carbonyl (C=O) groups excluding carboxylic acids is 1. The van der Waals surface area contributed by atoms with E-state index in [1.807, 2.05) is 43.3 Å². The van der Waals surface area contributed by atoms with E-state index in [1.54, 1.807) is 12.1 Å². The first kappa shape index (κ1) is 17.6. The molecule has 4 heteroatoms. The fraction of sp³-hybridized carbons (Fsp3) is 0.250. The maximum atomic E-state index is 12.0. The summed E-state index contributed by atoms with van der Waals surface area (Å²) in [7, 11) is 0. The lowest BCUT2D eigenvalue weighted by molar-refractivity contribution is -0.118. The molecular weight excluding hydrogens is 302 g/mol. The third kappa shape index (κ3) is 5.80. The van der Waals surface area contributed by atoms with E-state index in [0.717, 1.165) is 17.7 Å². The average Bonchev–Trinajstić information content (AvgIpc) is 2.59. The summed E-state index contributed by atoms with van der Waals surface area (Å²) in [5.41, 5.74) is 2.84. The third-order valence-corrected chi connectivity index (χ3v) is 3.30. The van der Waals surface area contributed by atoms with E-state index in [2.05, 4.69) is 18.8 Å². The Morgan fingerprint density at radius 2 is 1.75 bits per heavy atom. The van der Waals surface area contributed by atoms with Crippen LogP contribution in [0.1, 0.15) is 19.4 Å². The molecule has 0 bridgehead atoms. The predicted octanol–water partition coefficient (Wildman–Crippen LogP) is 4.22. The molecule has 2 rings (SSSR count). The number of carbonyl (C=O) groups is 1. The van der Waals surface area contributed by atoms with Crippen molar-refractivity contribution >= 4 is 11.6 Å². The van der Waals surface area contributed by atoms with E-state index in [0.29, 0.717) is 18.0 Å². The Kier molecular flexibility index (Phi) is 6.43. The lowest BCUT2D eigenvalue weighted by atomic mass is 10.2. The predicted molar refractivity (Wildman–Crippen MR) is 96.7 cm³/mol. The molecule has 0 saturated heterocycles. The Morgan fingerprint density at radius 1 is 1.04 bits per heavy atom. The number of aryl methyl sites for hydroxylation is 1. The van der Waals surface area contributed by atoms with Crippen molar-refractivity contribution in [1.82, 2.24) is 0 Å². The molecule has 0 aliphatic rings. The fourth-order valence-corrected chi connectivity index (χ4v) is 2.04. The Morgan fingerprint density at radius 3 is 2.42 bits per heavy atom. The molecule has 2 aromatic rings. The zero-order chi connectivity index (χ0) is 17.4. The van der Waals surface area contributed by atoms with Gasteiger partial charge in [-0.25, -0.2) is 0 Å². The smallest absolute Gasteiger partial charge is 0.262 e. The van der Waals surface area contributed by atoms with Gasteiger partial charge in [0.2, 0.25) is 0 Å². The van der Waals surface area contributed by atoms with E-state index < -0.39 is 0 Å². The molecule has 0 aromatic heterocycles. The lowest BCUT2D eigenvalue weighted by Crippen LogP contribution is -2.20. The number of nitrogens with one attached hydrogen (secondary N) is 1. The van der Waals surface area contributed by atoms with Gasteiger partial charge >= 0.3 is 0 Å². The number of ether oxygens (including phenoxy) is 2. The van der Waals surface area contributed by atoms with Gasteiger partial charge in [0.05, 0.1) is 0 Å². The SMILES string of the molecule is C=C(C)COc1ccc(NC(=O)COc2cccc(CC)c2)cc1. The van der Waals surface area contributed by atoms with Crippen molar-refractivity contribution in [3.8, 4) is 11.5 Å². The van der Waals surface area contributed by atoms with Crippen molar-refractivity contribution in [1.29, 1.82) is 0 Å². The summed E-state index contributed by atoms with van der Waals surface area (Å²) < 4.78 is 11.0. The molecule has 1 amide bonds. The Bertz CT molecular complexity index is 692. The molecule has 0 unspecified atom stereocenters. The van der Waals surface area contributed by atoms with Crippen molar-refractivity contribution in [2.45, 2.75) is 20.3 Å². The molecule has 24 heavy (non-hydrogen) atoms. The van der Waals surface area contributed by atoms with Crippen molar-refractivity contribution in [3.05, 3.63) is 66.2 Å². The van der Waals surface area contributed by atoms with Crippen LogP contribution in [0.2, 0.25) is 0 Å². The highest BCUT2D eigenvalue weighted by atomic mass is 16.5. The average molecular weight is 325 g/mol. The molecule has 4 nitrogen and oxygen atoms in total. The minimum Gasteiger partial charge on any atom is -0.489 e. The van der Waals surface area contributed by atoms with E-state index in [1.165, 1.54) is 5.56 Å². The van der Waals surface area contributed by atoms with Crippen LogP contribution in [-0.2, 0) is 11.2 Å². The first-order chi connectivity index (χ1) is 11.6. The van der Waals surface area contributed by atoms with E-state index in [4.69, 9.17) is 9.47 Å². The first-order valence-corrected chi connectivity index (χ1v) is 7.95. The van der Waals surface area contributed by atoms with Gasteiger partial charge in [-0.1, -0.05) is 25.6 Å². The zero-order valence-corrected chi connectivity index (χ0v) is 14.2. The normalized spacial score (nSPS) is 10.1. The maximum Gasteiger partial charge on any atom is 0.262 e. The quantitative estimate of drug-likeness (QED) is 0.739. The van der Waals surface area contributed by atoms with Crippen molar-refractivity contribution in [2.24, 2.45) is 0 Å². The minimum atomic E-state index is -0.201. The van der Waals surface area contributed by atoms with E-state index in [9.17, 15) is 4.79 Å². The molecule has 0 saturated carbocycles. The number of benzene rings is 2. The van der Waals surface area contributed by atoms with Gasteiger partial charge in [-0.3, -0.25) is 4.79 Å². The van der Waals surface area contributed by atoms with Gasteiger partial charge in [-0.05, 0) is 60.9 Å². The van der Waals surface area contributed by atoms with Crippen LogP contribution in [0.5, 0.6) is 11.5 Å². The minimum absolute atomic E-state index is 0.0267. The van der Waals surface area contributed by atoms with Crippen molar-refractivity contribution in [3.63, 3.8) is 0 Å². The Balaban J connectivity index is 1.82. The number of amides is 1. The molecule has 0 spiro atoms. The highest BCUT2D eigenvalue weighted by molar-refractivity contribution is 5.91. The van der Waals surface area contributed by atoms with Crippen LogP contribution in [0.4, 0.5) is 5.69 Å². The molecule has 126 valence electrons. The number of anilines is 1. The van der Waals surface area contributed by atoms with Gasteiger partial charge < -0.3 is 14.8 Å². The summed E-state index contributed by atoms with van der Waals surface area (Å²) >= 11 is 0. The molecule has 1 N–H and O–H groups in total. The van der Waals surface area contributed by atoms with Gasteiger partial charge in [0.15, 0.2) is 6.61 Å². The second-order valence-corrected chi connectivity index (χ2v) is 5.61. The summed E-state index contributed by atoms with van der Waals surface area (Å²) in [6, 6.07) is 15.0. The summed E-state index contributed by atoms with van der Waals surface area (Å²) in [5.74, 6) is 1.24. The molecule has 0 atom stereocenters. The van der Waals surface area contributed by atoms with Crippen LogP contribution in [0, 0.1) is 0 Å². The van der Waals surface area contributed by atoms with E-state index in [-0.39, 0.29) is 12.5 Å².